The van der Waals surface area contributed by atoms with E-state index in [9.17, 15) is 4.79 Å². The minimum atomic E-state index is -0.0732. The lowest BCUT2D eigenvalue weighted by molar-refractivity contribution is -0.113. The number of carbonyl (C=O) groups is 1. The number of hydrogen-bond acceptors (Lipinski definition) is 4. The number of amides is 1. The number of aromatic nitrogens is 3. The number of rotatable bonds is 7. The van der Waals surface area contributed by atoms with Crippen LogP contribution in [0, 0.1) is 0 Å². The Morgan fingerprint density at radius 3 is 2.44 bits per heavy atom. The van der Waals surface area contributed by atoms with Crippen LogP contribution in [0.1, 0.15) is 37.8 Å². The molecular weight excluding hydrogens is 356 g/mol. The first-order chi connectivity index (χ1) is 13.0. The quantitative estimate of drug-likeness (QED) is 0.573. The van der Waals surface area contributed by atoms with Crippen LogP contribution in [0.3, 0.4) is 0 Å². The molecule has 2 N–H and O–H groups in total. The molecule has 3 rings (SSSR count). The van der Waals surface area contributed by atoms with Crippen LogP contribution < -0.4 is 5.32 Å². The van der Waals surface area contributed by atoms with Crippen molar-refractivity contribution in [3.05, 3.63) is 59.7 Å². The molecule has 0 unspecified atom stereocenters. The number of benzene rings is 2. The number of nitrogens with zero attached hydrogens (tertiary/aromatic N) is 2. The third-order valence-corrected chi connectivity index (χ3v) is 5.14. The van der Waals surface area contributed by atoms with Gasteiger partial charge < -0.3 is 5.32 Å². The third-order valence-electron chi connectivity index (χ3n) is 4.29. The van der Waals surface area contributed by atoms with Crippen molar-refractivity contribution in [1.82, 2.24) is 15.2 Å². The maximum absolute atomic E-state index is 12.2. The second-order valence-corrected chi connectivity index (χ2v) is 7.57. The molecule has 0 fully saturated rings. The maximum atomic E-state index is 12.2. The zero-order valence-corrected chi connectivity index (χ0v) is 16.6. The molecule has 27 heavy (non-hydrogen) atoms. The molecule has 5 nitrogen and oxygen atoms in total. The predicted molar refractivity (Wildman–Crippen MR) is 111 cm³/mol. The highest BCUT2D eigenvalue weighted by atomic mass is 32.2. The largest absolute Gasteiger partial charge is 0.325 e. The van der Waals surface area contributed by atoms with E-state index in [0.29, 0.717) is 16.9 Å². The molecule has 6 heteroatoms. The number of hydrogen-bond donors (Lipinski definition) is 2. The Hall–Kier alpha value is -2.60. The molecular formula is C21H24N4OS. The molecule has 1 aromatic heterocycles. The Kier molecular flexibility index (Phi) is 6.29. The third kappa shape index (κ3) is 5.20. The summed E-state index contributed by atoms with van der Waals surface area (Å²) in [6.45, 7) is 6.42. The Morgan fingerprint density at radius 2 is 1.81 bits per heavy atom. The van der Waals surface area contributed by atoms with Gasteiger partial charge in [-0.05, 0) is 35.6 Å². The average Bonchev–Trinajstić information content (AvgIpc) is 3.16. The van der Waals surface area contributed by atoms with Gasteiger partial charge in [0, 0.05) is 11.3 Å². The molecule has 0 bridgehead atoms. The molecule has 0 atom stereocenters. The van der Waals surface area contributed by atoms with Crippen LogP contribution >= 0.6 is 11.8 Å². The lowest BCUT2D eigenvalue weighted by Gasteiger charge is -2.08. The summed E-state index contributed by atoms with van der Waals surface area (Å²) in [4.78, 5) is 16.6. The van der Waals surface area contributed by atoms with Gasteiger partial charge in [-0.2, -0.15) is 0 Å². The van der Waals surface area contributed by atoms with E-state index in [1.807, 2.05) is 36.4 Å². The summed E-state index contributed by atoms with van der Waals surface area (Å²) in [5.41, 5.74) is 4.33. The predicted octanol–water partition coefficient (Wildman–Crippen LogP) is 4.89. The van der Waals surface area contributed by atoms with Gasteiger partial charge >= 0.3 is 0 Å². The summed E-state index contributed by atoms with van der Waals surface area (Å²) in [5.74, 6) is 1.38. The lowest BCUT2D eigenvalue weighted by Crippen LogP contribution is -2.14. The number of aryl methyl sites for hydroxylation is 1. The number of anilines is 1. The Labute approximate surface area is 164 Å². The number of thioether (sulfide) groups is 1. The van der Waals surface area contributed by atoms with Crippen LogP contribution in [-0.2, 0) is 11.2 Å². The first-order valence-electron chi connectivity index (χ1n) is 9.09. The summed E-state index contributed by atoms with van der Waals surface area (Å²) in [6.07, 6.45) is 1.01. The van der Waals surface area contributed by atoms with Crippen LogP contribution in [0.5, 0.6) is 0 Å². The van der Waals surface area contributed by atoms with Crippen molar-refractivity contribution in [2.75, 3.05) is 11.1 Å². The van der Waals surface area contributed by atoms with Crippen LogP contribution in [0.25, 0.3) is 11.4 Å². The fourth-order valence-electron chi connectivity index (χ4n) is 2.62. The number of H-pyrrole nitrogens is 1. The van der Waals surface area contributed by atoms with Crippen molar-refractivity contribution < 1.29 is 4.79 Å². The van der Waals surface area contributed by atoms with Crippen LogP contribution in [-0.4, -0.2) is 26.8 Å². The second kappa shape index (κ2) is 8.86. The van der Waals surface area contributed by atoms with Gasteiger partial charge in [-0.1, -0.05) is 68.9 Å². The van der Waals surface area contributed by atoms with Crippen molar-refractivity contribution in [3.8, 4) is 11.4 Å². The zero-order chi connectivity index (χ0) is 19.2. The van der Waals surface area contributed by atoms with E-state index in [-0.39, 0.29) is 11.7 Å². The van der Waals surface area contributed by atoms with E-state index in [1.165, 1.54) is 22.9 Å². The van der Waals surface area contributed by atoms with Crippen molar-refractivity contribution in [1.29, 1.82) is 0 Å². The summed E-state index contributed by atoms with van der Waals surface area (Å²) in [6, 6.07) is 16.2. The van der Waals surface area contributed by atoms with Crippen LogP contribution in [0.2, 0.25) is 0 Å². The normalized spacial score (nSPS) is 11.0. The summed E-state index contributed by atoms with van der Waals surface area (Å²) in [5, 5.41) is 10.6. The molecule has 0 spiro atoms. The number of nitrogens with one attached hydrogen (secondary N) is 2. The smallest absolute Gasteiger partial charge is 0.234 e. The molecule has 0 saturated heterocycles. The Balaban J connectivity index is 1.53. The van der Waals surface area contributed by atoms with Crippen molar-refractivity contribution >= 4 is 23.4 Å². The van der Waals surface area contributed by atoms with E-state index in [4.69, 9.17) is 0 Å². The Morgan fingerprint density at radius 1 is 1.11 bits per heavy atom. The first-order valence-corrected chi connectivity index (χ1v) is 10.1. The van der Waals surface area contributed by atoms with Gasteiger partial charge in [-0.3, -0.25) is 9.89 Å². The topological polar surface area (TPSA) is 70.7 Å². The molecule has 140 valence electrons. The number of carbonyl (C=O) groups excluding carboxylic acids is 1. The average molecular weight is 381 g/mol. The molecule has 0 radical (unpaired) electrons. The van der Waals surface area contributed by atoms with Gasteiger partial charge in [-0.25, -0.2) is 4.98 Å². The highest BCUT2D eigenvalue weighted by Gasteiger charge is 2.10. The molecule has 1 heterocycles. The standard InChI is InChI=1S/C21H24N4OS/c1-4-15-5-7-17(8-6-15)20-23-21(25-24-20)27-13-19(26)22-18-11-9-16(10-12-18)14(2)3/h5-12,14H,4,13H2,1-3H3,(H,22,26)(H,23,24,25). The van der Waals surface area contributed by atoms with E-state index in [0.717, 1.165) is 17.7 Å². The summed E-state index contributed by atoms with van der Waals surface area (Å²) < 4.78 is 0. The van der Waals surface area contributed by atoms with Gasteiger partial charge in [0.15, 0.2) is 5.82 Å². The van der Waals surface area contributed by atoms with E-state index in [1.54, 1.807) is 0 Å². The minimum Gasteiger partial charge on any atom is -0.325 e. The maximum Gasteiger partial charge on any atom is 0.234 e. The second-order valence-electron chi connectivity index (χ2n) is 6.63. The minimum absolute atomic E-state index is 0.0732. The summed E-state index contributed by atoms with van der Waals surface area (Å²) in [7, 11) is 0. The van der Waals surface area contributed by atoms with Gasteiger partial charge in [0.1, 0.15) is 0 Å². The lowest BCUT2D eigenvalue weighted by atomic mass is 10.0. The molecule has 0 aliphatic carbocycles. The van der Waals surface area contributed by atoms with E-state index in [2.05, 4.69) is 53.4 Å². The van der Waals surface area contributed by atoms with Crippen molar-refractivity contribution in [2.24, 2.45) is 0 Å². The SMILES string of the molecule is CCc1ccc(-c2nc(SCC(=O)Nc3ccc(C(C)C)cc3)n[nH]2)cc1. The van der Waals surface area contributed by atoms with Gasteiger partial charge in [0.2, 0.25) is 11.1 Å². The van der Waals surface area contributed by atoms with E-state index < -0.39 is 0 Å². The zero-order valence-electron chi connectivity index (χ0n) is 15.8. The molecule has 3 aromatic rings. The van der Waals surface area contributed by atoms with Crippen molar-refractivity contribution in [3.63, 3.8) is 0 Å². The van der Waals surface area contributed by atoms with Gasteiger partial charge in [-0.15, -0.1) is 5.10 Å². The monoisotopic (exact) mass is 380 g/mol. The van der Waals surface area contributed by atoms with E-state index >= 15 is 0 Å². The molecule has 0 aliphatic heterocycles. The van der Waals surface area contributed by atoms with Gasteiger partial charge in [0.25, 0.3) is 0 Å². The fraction of sp³-hybridized carbons (Fsp3) is 0.286. The first kappa shape index (κ1) is 19.2. The van der Waals surface area contributed by atoms with Crippen LogP contribution in [0.4, 0.5) is 5.69 Å². The Bertz CT molecular complexity index is 885. The molecule has 1 amide bonds. The van der Waals surface area contributed by atoms with Crippen molar-refractivity contribution in [2.45, 2.75) is 38.3 Å². The molecule has 2 aromatic carbocycles. The molecule has 0 aliphatic rings. The highest BCUT2D eigenvalue weighted by Crippen LogP contribution is 2.21. The molecule has 0 saturated carbocycles. The summed E-state index contributed by atoms with van der Waals surface area (Å²) >= 11 is 1.31. The number of aromatic amines is 1. The highest BCUT2D eigenvalue weighted by molar-refractivity contribution is 7.99. The van der Waals surface area contributed by atoms with Gasteiger partial charge in [0.05, 0.1) is 5.75 Å². The fourth-order valence-corrected chi connectivity index (χ4v) is 3.22. The van der Waals surface area contributed by atoms with Crippen LogP contribution in [0.15, 0.2) is 53.7 Å².